The average Bonchev–Trinajstić information content (AvgIpc) is 3.48. The molecule has 0 aliphatic carbocycles. The van der Waals surface area contributed by atoms with Crippen molar-refractivity contribution in [1.29, 1.82) is 0 Å². The van der Waals surface area contributed by atoms with Gasteiger partial charge in [0, 0.05) is 11.1 Å². The van der Waals surface area contributed by atoms with Crippen molar-refractivity contribution in [2.45, 2.75) is 4.90 Å². The summed E-state index contributed by atoms with van der Waals surface area (Å²) in [6.45, 7) is 0. The Hall–Kier alpha value is -4.43. The molecule has 4 aromatic carbocycles. The van der Waals surface area contributed by atoms with E-state index in [1.54, 1.807) is 30.3 Å². The highest BCUT2D eigenvalue weighted by Crippen LogP contribution is 2.30. The predicted molar refractivity (Wildman–Crippen MR) is 134 cm³/mol. The van der Waals surface area contributed by atoms with Gasteiger partial charge in [-0.25, -0.2) is 18.4 Å². The summed E-state index contributed by atoms with van der Waals surface area (Å²) in [5.41, 5.74) is 5.07. The van der Waals surface area contributed by atoms with Crippen molar-refractivity contribution in [2.75, 3.05) is 4.72 Å². The summed E-state index contributed by atoms with van der Waals surface area (Å²) in [6.07, 6.45) is 0. The number of aromatic nitrogens is 4. The molecule has 0 aliphatic heterocycles. The average molecular weight is 466 g/mol. The van der Waals surface area contributed by atoms with Crippen molar-refractivity contribution in [3.05, 3.63) is 97.1 Å². The highest BCUT2D eigenvalue weighted by atomic mass is 32.2. The summed E-state index contributed by atoms with van der Waals surface area (Å²) < 4.78 is 29.3. The smallest absolute Gasteiger partial charge is 0.261 e. The van der Waals surface area contributed by atoms with Gasteiger partial charge in [-0.2, -0.15) is 0 Å². The van der Waals surface area contributed by atoms with Gasteiger partial charge in [0.25, 0.3) is 10.0 Å². The van der Waals surface area contributed by atoms with Crippen molar-refractivity contribution in [2.24, 2.45) is 0 Å². The Labute approximate surface area is 195 Å². The number of fused-ring (bicyclic) bond motifs is 2. The molecule has 7 nitrogen and oxygen atoms in total. The summed E-state index contributed by atoms with van der Waals surface area (Å²) in [4.78, 5) is 15.8. The van der Waals surface area contributed by atoms with E-state index in [4.69, 9.17) is 0 Å². The van der Waals surface area contributed by atoms with E-state index in [2.05, 4.69) is 24.7 Å². The fourth-order valence-corrected chi connectivity index (χ4v) is 5.06. The fourth-order valence-electron chi connectivity index (χ4n) is 3.95. The van der Waals surface area contributed by atoms with E-state index in [1.165, 1.54) is 0 Å². The van der Waals surface area contributed by atoms with Crippen LogP contribution in [-0.2, 0) is 10.0 Å². The topological polar surface area (TPSA) is 104 Å². The van der Waals surface area contributed by atoms with E-state index in [1.807, 2.05) is 66.7 Å². The highest BCUT2D eigenvalue weighted by Gasteiger charge is 2.19. The molecular formula is C26H19N5O2S. The first-order chi connectivity index (χ1) is 16.6. The monoisotopic (exact) mass is 465 g/mol. The lowest BCUT2D eigenvalue weighted by molar-refractivity contribution is 0.601. The number of hydrogen-bond acceptors (Lipinski definition) is 4. The number of benzene rings is 4. The van der Waals surface area contributed by atoms with Crippen molar-refractivity contribution >= 4 is 37.8 Å². The number of nitrogens with zero attached hydrogens (tertiary/aromatic N) is 2. The van der Waals surface area contributed by atoms with Crippen molar-refractivity contribution in [1.82, 2.24) is 19.9 Å². The lowest BCUT2D eigenvalue weighted by atomic mass is 10.2. The Morgan fingerprint density at radius 1 is 0.647 bits per heavy atom. The zero-order valence-corrected chi connectivity index (χ0v) is 18.7. The van der Waals surface area contributed by atoms with Crippen molar-refractivity contribution in [3.8, 4) is 22.8 Å². The van der Waals surface area contributed by atoms with Crippen molar-refractivity contribution < 1.29 is 8.42 Å². The first-order valence-electron chi connectivity index (χ1n) is 10.7. The largest absolute Gasteiger partial charge is 0.338 e. The zero-order chi connectivity index (χ0) is 23.1. The molecule has 34 heavy (non-hydrogen) atoms. The molecule has 2 heterocycles. The molecule has 166 valence electrons. The minimum atomic E-state index is -3.86. The Morgan fingerprint density at radius 2 is 1.32 bits per heavy atom. The summed E-state index contributed by atoms with van der Waals surface area (Å²) in [6, 6.07) is 29.4. The van der Waals surface area contributed by atoms with Crippen LogP contribution in [0.15, 0.2) is 102 Å². The maximum Gasteiger partial charge on any atom is 0.261 e. The third kappa shape index (κ3) is 3.60. The van der Waals surface area contributed by atoms with Gasteiger partial charge in [0.2, 0.25) is 0 Å². The van der Waals surface area contributed by atoms with Gasteiger partial charge in [0.15, 0.2) is 0 Å². The lowest BCUT2D eigenvalue weighted by Gasteiger charge is -2.11. The number of anilines is 1. The number of hydrogen-bond donors (Lipinski definition) is 3. The van der Waals surface area contributed by atoms with E-state index in [9.17, 15) is 8.42 Å². The minimum Gasteiger partial charge on any atom is -0.338 e. The van der Waals surface area contributed by atoms with Crippen molar-refractivity contribution in [3.63, 3.8) is 0 Å². The zero-order valence-electron chi connectivity index (χ0n) is 17.9. The molecule has 0 saturated carbocycles. The molecule has 2 aromatic heterocycles. The van der Waals surface area contributed by atoms with Gasteiger partial charge >= 0.3 is 0 Å². The van der Waals surface area contributed by atoms with Gasteiger partial charge in [-0.1, -0.05) is 54.6 Å². The second-order valence-corrected chi connectivity index (χ2v) is 9.57. The fraction of sp³-hybridized carbons (Fsp3) is 0. The molecule has 3 N–H and O–H groups in total. The molecule has 0 bridgehead atoms. The Bertz CT molecular complexity index is 1720. The molecule has 0 saturated heterocycles. The summed E-state index contributed by atoms with van der Waals surface area (Å²) in [7, 11) is -3.86. The normalized spacial score (nSPS) is 11.8. The molecule has 0 amide bonds. The molecule has 0 spiro atoms. The van der Waals surface area contributed by atoms with Crippen LogP contribution < -0.4 is 4.72 Å². The van der Waals surface area contributed by atoms with Crippen LogP contribution in [0.3, 0.4) is 0 Å². The number of para-hydroxylation sites is 3. The number of sulfonamides is 1. The van der Waals surface area contributed by atoms with Gasteiger partial charge in [0.05, 0.1) is 32.6 Å². The molecular weight excluding hydrogens is 446 g/mol. The first kappa shape index (κ1) is 20.2. The third-order valence-electron chi connectivity index (χ3n) is 5.63. The van der Waals surface area contributed by atoms with Crippen LogP contribution in [0.25, 0.3) is 44.8 Å². The first-order valence-corrected chi connectivity index (χ1v) is 12.2. The predicted octanol–water partition coefficient (Wildman–Crippen LogP) is 5.57. The van der Waals surface area contributed by atoms with E-state index >= 15 is 0 Å². The summed E-state index contributed by atoms with van der Waals surface area (Å²) >= 11 is 0. The SMILES string of the molecule is O=S(=O)(Nc1ccccc1-c1nc2ccccc2[nH]1)c1ccc2nc(-c3ccccc3)[nH]c2c1. The maximum atomic E-state index is 13.3. The van der Waals surface area contributed by atoms with Gasteiger partial charge in [-0.05, 0) is 42.5 Å². The standard InChI is InChI=1S/C26H19N5O2S/c32-34(33,18-14-15-23-24(16-18)30-25(27-23)17-8-2-1-3-9-17)31-20-11-5-4-10-19(20)26-28-21-12-6-7-13-22(21)29-26/h1-16,31H,(H,27,30)(H,28,29). The van der Waals surface area contributed by atoms with Gasteiger partial charge in [0.1, 0.15) is 11.6 Å². The number of nitrogens with one attached hydrogen (secondary N) is 3. The second-order valence-electron chi connectivity index (χ2n) is 7.88. The molecule has 0 radical (unpaired) electrons. The number of imidazole rings is 2. The molecule has 6 aromatic rings. The molecule has 0 aliphatic rings. The Balaban J connectivity index is 1.36. The Kier molecular flexibility index (Phi) is 4.67. The minimum absolute atomic E-state index is 0.141. The maximum absolute atomic E-state index is 13.3. The number of H-pyrrole nitrogens is 2. The van der Waals surface area contributed by atoms with Gasteiger partial charge in [-0.3, -0.25) is 4.72 Å². The van der Waals surface area contributed by atoms with E-state index in [0.29, 0.717) is 33.9 Å². The lowest BCUT2D eigenvalue weighted by Crippen LogP contribution is -2.13. The van der Waals surface area contributed by atoms with Crippen LogP contribution in [0.2, 0.25) is 0 Å². The van der Waals surface area contributed by atoms with E-state index in [-0.39, 0.29) is 4.90 Å². The van der Waals surface area contributed by atoms with Crippen LogP contribution in [-0.4, -0.2) is 28.4 Å². The highest BCUT2D eigenvalue weighted by molar-refractivity contribution is 7.92. The van der Waals surface area contributed by atoms with Gasteiger partial charge < -0.3 is 9.97 Å². The van der Waals surface area contributed by atoms with E-state index in [0.717, 1.165) is 16.6 Å². The number of aromatic amines is 2. The van der Waals surface area contributed by atoms with Crippen LogP contribution in [0.5, 0.6) is 0 Å². The third-order valence-corrected chi connectivity index (χ3v) is 6.99. The molecule has 0 fully saturated rings. The van der Waals surface area contributed by atoms with E-state index < -0.39 is 10.0 Å². The second kappa shape index (κ2) is 7.86. The van der Waals surface area contributed by atoms with Crippen LogP contribution >= 0.6 is 0 Å². The molecule has 0 unspecified atom stereocenters. The molecule has 8 heteroatoms. The van der Waals surface area contributed by atoms with Crippen LogP contribution in [0, 0.1) is 0 Å². The quantitative estimate of drug-likeness (QED) is 0.309. The Morgan fingerprint density at radius 3 is 2.18 bits per heavy atom. The van der Waals surface area contributed by atoms with Gasteiger partial charge in [-0.15, -0.1) is 0 Å². The summed E-state index contributed by atoms with van der Waals surface area (Å²) in [5.74, 6) is 1.28. The number of rotatable bonds is 5. The molecule has 6 rings (SSSR count). The van der Waals surface area contributed by atoms with Crippen LogP contribution in [0.1, 0.15) is 0 Å². The van der Waals surface area contributed by atoms with Crippen LogP contribution in [0.4, 0.5) is 5.69 Å². The summed E-state index contributed by atoms with van der Waals surface area (Å²) in [5, 5.41) is 0. The molecule has 0 atom stereocenters.